The lowest BCUT2D eigenvalue weighted by molar-refractivity contribution is -0.128. The molecule has 2 aromatic carbocycles. The zero-order valence-corrected chi connectivity index (χ0v) is 15.5. The number of benzene rings is 2. The van der Waals surface area contributed by atoms with Crippen LogP contribution in [0.15, 0.2) is 54.6 Å². The third-order valence-electron chi connectivity index (χ3n) is 3.56. The molecule has 7 heteroatoms. The molecule has 0 saturated carbocycles. The quantitative estimate of drug-likeness (QED) is 0.527. The maximum absolute atomic E-state index is 11.8. The minimum Gasteiger partial charge on any atom is -0.325 e. The average Bonchev–Trinajstić information content (AvgIpc) is 2.66. The topological polar surface area (TPSA) is 87.3 Å². The van der Waals surface area contributed by atoms with Crippen LogP contribution >= 0.6 is 11.6 Å². The molecule has 0 fully saturated rings. The van der Waals surface area contributed by atoms with Crippen molar-refractivity contribution < 1.29 is 14.4 Å². The Morgan fingerprint density at radius 1 is 0.926 bits per heavy atom. The molecular weight excluding hydrogens is 366 g/mol. The zero-order chi connectivity index (χ0) is 19.6. The zero-order valence-electron chi connectivity index (χ0n) is 14.8. The highest BCUT2D eigenvalue weighted by Gasteiger charge is 2.09. The van der Waals surface area contributed by atoms with Crippen LogP contribution in [0.1, 0.15) is 24.0 Å². The normalized spacial score (nSPS) is 10.4. The maximum Gasteiger partial charge on any atom is 0.262 e. The summed E-state index contributed by atoms with van der Waals surface area (Å²) in [5.41, 5.74) is 7.02. The lowest BCUT2D eigenvalue weighted by atomic mass is 10.1. The summed E-state index contributed by atoms with van der Waals surface area (Å²) < 4.78 is 0. The first kappa shape index (κ1) is 20.2. The number of carbonyl (C=O) groups excluding carboxylic acids is 3. The number of halogens is 1. The van der Waals surface area contributed by atoms with E-state index in [4.69, 9.17) is 11.6 Å². The van der Waals surface area contributed by atoms with Crippen LogP contribution in [0.2, 0.25) is 5.02 Å². The lowest BCUT2D eigenvalue weighted by Gasteiger charge is -2.07. The van der Waals surface area contributed by atoms with Gasteiger partial charge in [-0.05, 0) is 30.7 Å². The Morgan fingerprint density at radius 2 is 1.59 bits per heavy atom. The molecule has 0 saturated heterocycles. The van der Waals surface area contributed by atoms with Crippen LogP contribution in [0.5, 0.6) is 0 Å². The van der Waals surface area contributed by atoms with E-state index >= 15 is 0 Å². The Balaban J connectivity index is 1.69. The van der Waals surface area contributed by atoms with E-state index < -0.39 is 11.8 Å². The van der Waals surface area contributed by atoms with Gasteiger partial charge in [0.05, 0.1) is 10.7 Å². The largest absolute Gasteiger partial charge is 0.325 e. The summed E-state index contributed by atoms with van der Waals surface area (Å²) in [6, 6.07) is 14.5. The van der Waals surface area contributed by atoms with E-state index in [1.165, 1.54) is 6.08 Å². The van der Waals surface area contributed by atoms with Crippen molar-refractivity contribution in [2.75, 3.05) is 5.32 Å². The highest BCUT2D eigenvalue weighted by Crippen LogP contribution is 2.20. The van der Waals surface area contributed by atoms with E-state index in [-0.39, 0.29) is 18.7 Å². The van der Waals surface area contributed by atoms with Crippen LogP contribution in [0, 0.1) is 6.92 Å². The van der Waals surface area contributed by atoms with Crippen molar-refractivity contribution in [2.24, 2.45) is 0 Å². The summed E-state index contributed by atoms with van der Waals surface area (Å²) in [5, 5.41) is 3.04. The Labute approximate surface area is 162 Å². The first-order valence-corrected chi connectivity index (χ1v) is 8.70. The van der Waals surface area contributed by atoms with Crippen molar-refractivity contribution in [3.8, 4) is 0 Å². The number of amides is 3. The van der Waals surface area contributed by atoms with Gasteiger partial charge in [-0.2, -0.15) is 0 Å². The molecule has 2 aromatic rings. The highest BCUT2D eigenvalue weighted by molar-refractivity contribution is 6.33. The molecule has 3 amide bonds. The number of hydrazine groups is 1. The molecule has 6 nitrogen and oxygen atoms in total. The summed E-state index contributed by atoms with van der Waals surface area (Å²) in [6.07, 6.45) is 2.84. The van der Waals surface area contributed by atoms with Gasteiger partial charge < -0.3 is 5.32 Å². The molecule has 0 aliphatic heterocycles. The smallest absolute Gasteiger partial charge is 0.262 e. The second-order valence-corrected chi connectivity index (χ2v) is 6.22. The number of hydrogen-bond acceptors (Lipinski definition) is 3. The van der Waals surface area contributed by atoms with Crippen LogP contribution < -0.4 is 16.2 Å². The fraction of sp³-hybridized carbons (Fsp3) is 0.150. The van der Waals surface area contributed by atoms with E-state index in [0.717, 1.165) is 11.1 Å². The maximum atomic E-state index is 11.8. The van der Waals surface area contributed by atoms with Crippen molar-refractivity contribution in [3.63, 3.8) is 0 Å². The number of carbonyl (C=O) groups is 3. The number of nitrogens with one attached hydrogen (secondary N) is 3. The van der Waals surface area contributed by atoms with Gasteiger partial charge in [0.2, 0.25) is 11.8 Å². The molecule has 0 unspecified atom stereocenters. The van der Waals surface area contributed by atoms with Gasteiger partial charge >= 0.3 is 0 Å². The molecule has 2 rings (SSSR count). The monoisotopic (exact) mass is 385 g/mol. The van der Waals surface area contributed by atoms with Crippen molar-refractivity contribution >= 4 is 41.1 Å². The predicted molar refractivity (Wildman–Crippen MR) is 106 cm³/mol. The number of para-hydroxylation sites is 1. The molecule has 140 valence electrons. The molecule has 0 aliphatic rings. The van der Waals surface area contributed by atoms with Gasteiger partial charge in [-0.25, -0.2) is 0 Å². The summed E-state index contributed by atoms with van der Waals surface area (Å²) in [6.45, 7) is 1.98. The van der Waals surface area contributed by atoms with E-state index in [1.54, 1.807) is 30.3 Å². The molecule has 27 heavy (non-hydrogen) atoms. The van der Waals surface area contributed by atoms with Crippen LogP contribution in [-0.4, -0.2) is 17.7 Å². The molecule has 0 heterocycles. The van der Waals surface area contributed by atoms with Gasteiger partial charge in [-0.3, -0.25) is 25.2 Å². The van der Waals surface area contributed by atoms with Crippen LogP contribution in [0.25, 0.3) is 6.08 Å². The van der Waals surface area contributed by atoms with Gasteiger partial charge in [-0.15, -0.1) is 0 Å². The summed E-state index contributed by atoms with van der Waals surface area (Å²) >= 11 is 5.95. The molecule has 3 N–H and O–H groups in total. The first-order valence-electron chi connectivity index (χ1n) is 8.32. The van der Waals surface area contributed by atoms with Crippen LogP contribution in [0.4, 0.5) is 5.69 Å². The second-order valence-electron chi connectivity index (χ2n) is 5.81. The molecule has 0 atom stereocenters. The van der Waals surface area contributed by atoms with E-state index in [2.05, 4.69) is 16.2 Å². The van der Waals surface area contributed by atoms with Crippen molar-refractivity contribution in [1.29, 1.82) is 0 Å². The summed E-state index contributed by atoms with van der Waals surface area (Å²) in [4.78, 5) is 35.3. The fourth-order valence-corrected chi connectivity index (χ4v) is 2.27. The number of hydrogen-bond donors (Lipinski definition) is 3. The Kier molecular flexibility index (Phi) is 7.58. The average molecular weight is 386 g/mol. The highest BCUT2D eigenvalue weighted by atomic mass is 35.5. The lowest BCUT2D eigenvalue weighted by Crippen LogP contribution is -2.41. The predicted octanol–water partition coefficient (Wildman–Crippen LogP) is 3.23. The molecule has 0 radical (unpaired) electrons. The Morgan fingerprint density at radius 3 is 2.30 bits per heavy atom. The third kappa shape index (κ3) is 7.33. The van der Waals surface area contributed by atoms with Crippen molar-refractivity contribution in [3.05, 3.63) is 70.8 Å². The number of anilines is 1. The molecule has 0 aliphatic carbocycles. The van der Waals surface area contributed by atoms with E-state index in [1.807, 2.05) is 31.2 Å². The minimum atomic E-state index is -0.471. The van der Waals surface area contributed by atoms with E-state index in [0.29, 0.717) is 10.7 Å². The standard InChI is InChI=1S/C20H20ClN3O3/c1-14-6-8-15(9-7-14)10-11-19(26)23-24-20(27)13-12-18(25)22-17-5-3-2-4-16(17)21/h2-11H,12-13H2,1H3,(H,22,25)(H,23,26)(H,24,27)/b11-10+. The summed E-state index contributed by atoms with van der Waals surface area (Å²) in [5.74, 6) is -1.28. The molecule has 0 aromatic heterocycles. The van der Waals surface area contributed by atoms with Gasteiger partial charge in [0.25, 0.3) is 5.91 Å². The summed E-state index contributed by atoms with van der Waals surface area (Å²) in [7, 11) is 0. The first-order chi connectivity index (χ1) is 12.9. The van der Waals surface area contributed by atoms with Gasteiger partial charge in [-0.1, -0.05) is 53.6 Å². The minimum absolute atomic E-state index is 0.0356. The molecule has 0 spiro atoms. The number of aryl methyl sites for hydroxylation is 1. The van der Waals surface area contributed by atoms with Crippen LogP contribution in [-0.2, 0) is 14.4 Å². The van der Waals surface area contributed by atoms with Crippen molar-refractivity contribution in [1.82, 2.24) is 10.9 Å². The molecular formula is C20H20ClN3O3. The van der Waals surface area contributed by atoms with E-state index in [9.17, 15) is 14.4 Å². The van der Waals surface area contributed by atoms with Gasteiger partial charge in [0, 0.05) is 18.9 Å². The second kappa shape index (κ2) is 10.1. The Hall–Kier alpha value is -3.12. The number of rotatable bonds is 6. The SMILES string of the molecule is Cc1ccc(/C=C/C(=O)NNC(=O)CCC(=O)Nc2ccccc2Cl)cc1. The van der Waals surface area contributed by atoms with Crippen LogP contribution in [0.3, 0.4) is 0 Å². The van der Waals surface area contributed by atoms with Gasteiger partial charge in [0.15, 0.2) is 0 Å². The Bertz CT molecular complexity index is 848. The molecule has 0 bridgehead atoms. The van der Waals surface area contributed by atoms with Crippen molar-refractivity contribution in [2.45, 2.75) is 19.8 Å². The van der Waals surface area contributed by atoms with Gasteiger partial charge in [0.1, 0.15) is 0 Å². The third-order valence-corrected chi connectivity index (χ3v) is 3.89. The fourth-order valence-electron chi connectivity index (χ4n) is 2.09.